The molecule has 3 rings (SSSR count). The van der Waals surface area contributed by atoms with Crippen LogP contribution >= 0.6 is 11.8 Å². The van der Waals surface area contributed by atoms with E-state index < -0.39 is 9.84 Å². The maximum absolute atomic E-state index is 11.9. The van der Waals surface area contributed by atoms with E-state index in [0.717, 1.165) is 17.4 Å². The molecule has 0 bridgehead atoms. The van der Waals surface area contributed by atoms with Crippen LogP contribution < -0.4 is 5.32 Å². The zero-order valence-corrected chi connectivity index (χ0v) is 15.1. The van der Waals surface area contributed by atoms with E-state index in [9.17, 15) is 13.2 Å². The normalized spacial score (nSPS) is 11.6. The van der Waals surface area contributed by atoms with Crippen LogP contribution in [0.1, 0.15) is 6.92 Å². The first-order chi connectivity index (χ1) is 12.0. The summed E-state index contributed by atoms with van der Waals surface area (Å²) < 4.78 is 29.4. The fraction of sp³-hybridized carbons (Fsp3) is 0.176. The van der Waals surface area contributed by atoms with Gasteiger partial charge in [0.1, 0.15) is 5.52 Å². The highest BCUT2D eigenvalue weighted by Gasteiger charge is 2.15. The number of sulfone groups is 1. The smallest absolute Gasteiger partial charge is 0.257 e. The lowest BCUT2D eigenvalue weighted by atomic mass is 10.3. The van der Waals surface area contributed by atoms with Crippen LogP contribution in [0.4, 0.5) is 5.69 Å². The molecule has 6 nitrogen and oxygen atoms in total. The average molecular weight is 376 g/mol. The largest absolute Gasteiger partial charge is 0.431 e. The highest BCUT2D eigenvalue weighted by atomic mass is 32.2. The second-order valence-corrected chi connectivity index (χ2v) is 8.42. The lowest BCUT2D eigenvalue weighted by Gasteiger charge is -2.02. The number of anilines is 1. The topological polar surface area (TPSA) is 89.3 Å². The molecule has 8 heteroatoms. The Hall–Kier alpha value is -2.32. The minimum atomic E-state index is -3.29. The maximum atomic E-state index is 11.9. The van der Waals surface area contributed by atoms with Gasteiger partial charge in [-0.15, -0.1) is 0 Å². The number of oxazole rings is 1. The monoisotopic (exact) mass is 376 g/mol. The van der Waals surface area contributed by atoms with Crippen molar-refractivity contribution >= 4 is 44.3 Å². The summed E-state index contributed by atoms with van der Waals surface area (Å²) in [5, 5.41) is 3.10. The van der Waals surface area contributed by atoms with Crippen molar-refractivity contribution in [2.24, 2.45) is 0 Å². The molecule has 0 aliphatic carbocycles. The molecule has 1 aromatic heterocycles. The van der Waals surface area contributed by atoms with Crippen molar-refractivity contribution in [1.29, 1.82) is 0 Å². The van der Waals surface area contributed by atoms with Gasteiger partial charge in [0, 0.05) is 5.69 Å². The predicted octanol–water partition coefficient (Wildman–Crippen LogP) is 3.35. The number of carbonyl (C=O) groups excluding carboxylic acids is 1. The van der Waals surface area contributed by atoms with Gasteiger partial charge in [-0.3, -0.25) is 4.79 Å². The first-order valence-corrected chi connectivity index (χ1v) is 10.2. The molecule has 3 aromatic rings. The van der Waals surface area contributed by atoms with Crippen molar-refractivity contribution in [2.45, 2.75) is 17.0 Å². The number of fused-ring (bicyclic) bond motifs is 1. The number of nitrogens with zero attached hydrogens (tertiary/aromatic N) is 1. The second kappa shape index (κ2) is 7.28. The van der Waals surface area contributed by atoms with Gasteiger partial charge in [0.15, 0.2) is 15.4 Å². The van der Waals surface area contributed by atoms with E-state index in [0.29, 0.717) is 16.3 Å². The van der Waals surface area contributed by atoms with Crippen LogP contribution in [0.3, 0.4) is 0 Å². The molecule has 1 N–H and O–H groups in total. The van der Waals surface area contributed by atoms with Crippen LogP contribution in [0.2, 0.25) is 0 Å². The zero-order valence-electron chi connectivity index (χ0n) is 13.4. The van der Waals surface area contributed by atoms with E-state index in [-0.39, 0.29) is 22.3 Å². The molecule has 25 heavy (non-hydrogen) atoms. The Labute approximate surface area is 149 Å². The van der Waals surface area contributed by atoms with Gasteiger partial charge < -0.3 is 9.73 Å². The lowest BCUT2D eigenvalue weighted by Crippen LogP contribution is -2.13. The number of para-hydroxylation sites is 1. The molecule has 0 spiro atoms. The standard InChI is InChI=1S/C17H16N2O4S2/c1-2-25(21,22)13-8-9-15-14(10-13)19-17(23-15)24-11-16(20)18-12-6-4-3-5-7-12/h3-10H,2,11H2,1H3,(H,18,20). The van der Waals surface area contributed by atoms with Gasteiger partial charge in [-0.2, -0.15) is 0 Å². The third kappa shape index (κ3) is 4.21. The average Bonchev–Trinajstić information content (AvgIpc) is 3.03. The third-order valence-corrected chi connectivity index (χ3v) is 6.02. The molecule has 0 atom stereocenters. The summed E-state index contributed by atoms with van der Waals surface area (Å²) in [5.74, 6) is -0.00730. The fourth-order valence-electron chi connectivity index (χ4n) is 2.15. The quantitative estimate of drug-likeness (QED) is 0.664. The Morgan fingerprint density at radius 2 is 1.96 bits per heavy atom. The Morgan fingerprint density at radius 3 is 2.68 bits per heavy atom. The zero-order chi connectivity index (χ0) is 17.9. The summed E-state index contributed by atoms with van der Waals surface area (Å²) in [6.45, 7) is 1.59. The summed E-state index contributed by atoms with van der Waals surface area (Å²) in [4.78, 5) is 16.4. The minimum Gasteiger partial charge on any atom is -0.431 e. The lowest BCUT2D eigenvalue weighted by molar-refractivity contribution is -0.113. The molecule has 1 amide bonds. The highest BCUT2D eigenvalue weighted by Crippen LogP contribution is 2.26. The summed E-state index contributed by atoms with van der Waals surface area (Å²) in [6, 6.07) is 13.7. The van der Waals surface area contributed by atoms with Gasteiger partial charge in [-0.05, 0) is 30.3 Å². The molecule has 0 aliphatic rings. The van der Waals surface area contributed by atoms with E-state index >= 15 is 0 Å². The van der Waals surface area contributed by atoms with Gasteiger partial charge in [-0.1, -0.05) is 36.9 Å². The van der Waals surface area contributed by atoms with E-state index in [1.54, 1.807) is 25.1 Å². The van der Waals surface area contributed by atoms with Crippen LogP contribution in [0.15, 0.2) is 63.1 Å². The number of thioether (sulfide) groups is 1. The first kappa shape index (κ1) is 17.5. The molecule has 2 aromatic carbocycles. The fourth-order valence-corrected chi connectivity index (χ4v) is 3.69. The van der Waals surface area contributed by atoms with Gasteiger partial charge >= 0.3 is 0 Å². The molecule has 0 aliphatic heterocycles. The van der Waals surface area contributed by atoms with Gasteiger partial charge in [0.05, 0.1) is 16.4 Å². The molecule has 0 saturated carbocycles. The number of carbonyl (C=O) groups is 1. The predicted molar refractivity (Wildman–Crippen MR) is 97.5 cm³/mol. The molecule has 0 radical (unpaired) electrons. The van der Waals surface area contributed by atoms with Crippen LogP contribution in [0.5, 0.6) is 0 Å². The van der Waals surface area contributed by atoms with Crippen molar-refractivity contribution < 1.29 is 17.6 Å². The number of hydrogen-bond acceptors (Lipinski definition) is 6. The molecule has 130 valence electrons. The molecule has 0 unspecified atom stereocenters. The molecular weight excluding hydrogens is 360 g/mol. The van der Waals surface area contributed by atoms with Gasteiger partial charge in [0.25, 0.3) is 5.22 Å². The van der Waals surface area contributed by atoms with Crippen LogP contribution in [0.25, 0.3) is 11.1 Å². The molecular formula is C17H16N2O4S2. The minimum absolute atomic E-state index is 0.0254. The number of amides is 1. The number of hydrogen-bond donors (Lipinski definition) is 1. The van der Waals surface area contributed by atoms with E-state index in [1.807, 2.05) is 18.2 Å². The summed E-state index contributed by atoms with van der Waals surface area (Å²) in [5.41, 5.74) is 1.67. The van der Waals surface area contributed by atoms with E-state index in [4.69, 9.17) is 4.42 Å². The van der Waals surface area contributed by atoms with Crippen LogP contribution in [-0.2, 0) is 14.6 Å². The maximum Gasteiger partial charge on any atom is 0.257 e. The van der Waals surface area contributed by atoms with Crippen LogP contribution in [0, 0.1) is 0 Å². The van der Waals surface area contributed by atoms with Gasteiger partial charge in [0.2, 0.25) is 5.91 Å². The van der Waals surface area contributed by atoms with Crippen LogP contribution in [-0.4, -0.2) is 30.8 Å². The number of benzene rings is 2. The van der Waals surface area contributed by atoms with E-state index in [2.05, 4.69) is 10.3 Å². The number of nitrogens with one attached hydrogen (secondary N) is 1. The Morgan fingerprint density at radius 1 is 1.20 bits per heavy atom. The molecule has 1 heterocycles. The summed E-state index contributed by atoms with van der Waals surface area (Å²) in [6.07, 6.45) is 0. The Kier molecular flexibility index (Phi) is 5.10. The number of aromatic nitrogens is 1. The third-order valence-electron chi connectivity index (χ3n) is 3.46. The van der Waals surface area contributed by atoms with Crippen molar-refractivity contribution in [1.82, 2.24) is 4.98 Å². The van der Waals surface area contributed by atoms with Crippen molar-refractivity contribution in [3.8, 4) is 0 Å². The van der Waals surface area contributed by atoms with Crippen molar-refractivity contribution in [3.63, 3.8) is 0 Å². The van der Waals surface area contributed by atoms with Crippen molar-refractivity contribution in [3.05, 3.63) is 48.5 Å². The summed E-state index contributed by atoms with van der Waals surface area (Å²) >= 11 is 1.15. The summed E-state index contributed by atoms with van der Waals surface area (Å²) in [7, 11) is -3.29. The second-order valence-electron chi connectivity index (χ2n) is 5.22. The van der Waals surface area contributed by atoms with Crippen molar-refractivity contribution in [2.75, 3.05) is 16.8 Å². The molecule has 0 fully saturated rings. The van der Waals surface area contributed by atoms with E-state index in [1.165, 1.54) is 12.1 Å². The Balaban J connectivity index is 1.69. The first-order valence-electron chi connectivity index (χ1n) is 7.59. The number of rotatable bonds is 6. The Bertz CT molecular complexity index is 998. The SMILES string of the molecule is CCS(=O)(=O)c1ccc2oc(SCC(=O)Nc3ccccc3)nc2c1. The van der Waals surface area contributed by atoms with Gasteiger partial charge in [-0.25, -0.2) is 13.4 Å². The molecule has 0 saturated heterocycles. The highest BCUT2D eigenvalue weighted by molar-refractivity contribution is 7.99.